The third-order valence-electron chi connectivity index (χ3n) is 3.70. The van der Waals surface area contributed by atoms with Gasteiger partial charge in [0.15, 0.2) is 0 Å². The molecule has 1 aromatic carbocycles. The number of nitrogens with one attached hydrogen (secondary N) is 2. The van der Waals surface area contributed by atoms with Crippen LogP contribution in [0.5, 0.6) is 0 Å². The van der Waals surface area contributed by atoms with Crippen molar-refractivity contribution in [1.29, 1.82) is 0 Å². The molecule has 9 heteroatoms. The summed E-state index contributed by atoms with van der Waals surface area (Å²) in [6.45, 7) is 1.70. The normalized spacial score (nSPS) is 15.6. The number of anilines is 1. The first-order valence-corrected chi connectivity index (χ1v) is 7.74. The highest BCUT2D eigenvalue weighted by molar-refractivity contribution is 6.03. The molecule has 6 nitrogen and oxygen atoms in total. The summed E-state index contributed by atoms with van der Waals surface area (Å²) in [7, 11) is 1.99. The van der Waals surface area contributed by atoms with E-state index < -0.39 is 30.0 Å². The number of benzene rings is 1. The lowest BCUT2D eigenvalue weighted by Gasteiger charge is -2.22. The van der Waals surface area contributed by atoms with Crippen LogP contribution in [0.15, 0.2) is 29.4 Å². The highest BCUT2D eigenvalue weighted by Crippen LogP contribution is 2.30. The zero-order chi connectivity index (χ0) is 18.4. The van der Waals surface area contributed by atoms with Gasteiger partial charge in [0, 0.05) is 37.3 Å². The fourth-order valence-electron chi connectivity index (χ4n) is 2.29. The zero-order valence-corrected chi connectivity index (χ0v) is 13.7. The van der Waals surface area contributed by atoms with Crippen LogP contribution in [0.3, 0.4) is 0 Å². The number of carbonyl (C=O) groups is 2. The topological polar surface area (TPSA) is 73.8 Å². The van der Waals surface area contributed by atoms with Gasteiger partial charge in [-0.15, -0.1) is 0 Å². The number of hydrazone groups is 1. The minimum Gasteiger partial charge on any atom is -0.326 e. The highest BCUT2D eigenvalue weighted by atomic mass is 19.4. The van der Waals surface area contributed by atoms with Gasteiger partial charge >= 0.3 is 6.18 Å². The average Bonchev–Trinajstić information content (AvgIpc) is 2.53. The van der Waals surface area contributed by atoms with E-state index in [1.807, 2.05) is 7.05 Å². The van der Waals surface area contributed by atoms with Gasteiger partial charge in [-0.1, -0.05) is 6.07 Å². The Labute approximate surface area is 143 Å². The smallest absolute Gasteiger partial charge is 0.326 e. The molecule has 1 aliphatic heterocycles. The van der Waals surface area contributed by atoms with Crippen molar-refractivity contribution < 1.29 is 22.8 Å². The van der Waals surface area contributed by atoms with Crippen LogP contribution in [0.4, 0.5) is 18.9 Å². The van der Waals surface area contributed by atoms with Crippen LogP contribution in [0.25, 0.3) is 0 Å². The van der Waals surface area contributed by atoms with Crippen LogP contribution in [0.1, 0.15) is 24.8 Å². The predicted octanol–water partition coefficient (Wildman–Crippen LogP) is 2.23. The molecule has 0 unspecified atom stereocenters. The lowest BCUT2D eigenvalue weighted by Crippen LogP contribution is -2.32. The summed E-state index contributed by atoms with van der Waals surface area (Å²) < 4.78 is 37.9. The van der Waals surface area contributed by atoms with E-state index >= 15 is 0 Å². The Morgan fingerprint density at radius 3 is 2.52 bits per heavy atom. The van der Waals surface area contributed by atoms with Gasteiger partial charge < -0.3 is 10.2 Å². The van der Waals surface area contributed by atoms with E-state index in [2.05, 4.69) is 20.7 Å². The molecule has 1 heterocycles. The summed E-state index contributed by atoms with van der Waals surface area (Å²) in [6, 6.07) is 4.23. The first-order chi connectivity index (χ1) is 11.7. The summed E-state index contributed by atoms with van der Waals surface area (Å²) in [4.78, 5) is 25.6. The maximum atomic E-state index is 12.6. The molecule has 2 rings (SSSR count). The SMILES string of the molecule is CN1CCC(=NNC(=O)CC(=O)Nc2cccc(C(F)(F)F)c2)CC1. The number of alkyl halides is 3. The quantitative estimate of drug-likeness (QED) is 0.642. The van der Waals surface area contributed by atoms with Crippen molar-refractivity contribution >= 4 is 23.2 Å². The van der Waals surface area contributed by atoms with Crippen molar-refractivity contribution in [2.45, 2.75) is 25.4 Å². The number of carbonyl (C=O) groups excluding carboxylic acids is 2. The third-order valence-corrected chi connectivity index (χ3v) is 3.70. The number of amides is 2. The molecule has 0 atom stereocenters. The van der Waals surface area contributed by atoms with Gasteiger partial charge in [0.2, 0.25) is 11.8 Å². The predicted molar refractivity (Wildman–Crippen MR) is 87.0 cm³/mol. The van der Waals surface area contributed by atoms with E-state index in [1.54, 1.807) is 0 Å². The summed E-state index contributed by atoms with van der Waals surface area (Å²) in [5.74, 6) is -1.32. The van der Waals surface area contributed by atoms with E-state index in [-0.39, 0.29) is 5.69 Å². The molecular formula is C16H19F3N4O2. The second-order valence-electron chi connectivity index (χ2n) is 5.82. The molecule has 0 aromatic heterocycles. The number of nitrogens with zero attached hydrogens (tertiary/aromatic N) is 2. The maximum Gasteiger partial charge on any atom is 0.416 e. The number of piperidine rings is 1. The highest BCUT2D eigenvalue weighted by Gasteiger charge is 2.30. The molecule has 0 bridgehead atoms. The van der Waals surface area contributed by atoms with Gasteiger partial charge in [-0.2, -0.15) is 18.3 Å². The first-order valence-electron chi connectivity index (χ1n) is 7.74. The molecule has 0 aliphatic carbocycles. The number of hydrogen-bond acceptors (Lipinski definition) is 4. The van der Waals surface area contributed by atoms with Crippen molar-refractivity contribution in [3.63, 3.8) is 0 Å². The largest absolute Gasteiger partial charge is 0.416 e. The lowest BCUT2D eigenvalue weighted by molar-refractivity contribution is -0.137. The van der Waals surface area contributed by atoms with E-state index in [4.69, 9.17) is 0 Å². The maximum absolute atomic E-state index is 12.6. The van der Waals surface area contributed by atoms with Gasteiger partial charge in [-0.3, -0.25) is 9.59 Å². The Morgan fingerprint density at radius 2 is 1.88 bits per heavy atom. The van der Waals surface area contributed by atoms with Gasteiger partial charge in [0.1, 0.15) is 6.42 Å². The molecule has 25 heavy (non-hydrogen) atoms. The van der Waals surface area contributed by atoms with Gasteiger partial charge in [0.05, 0.1) is 5.56 Å². The lowest BCUT2D eigenvalue weighted by atomic mass is 10.1. The van der Waals surface area contributed by atoms with Crippen molar-refractivity contribution in [2.24, 2.45) is 5.10 Å². The second kappa shape index (κ2) is 8.11. The molecule has 2 N–H and O–H groups in total. The molecule has 1 fully saturated rings. The van der Waals surface area contributed by atoms with Crippen molar-refractivity contribution in [1.82, 2.24) is 10.3 Å². The minimum atomic E-state index is -4.50. The Morgan fingerprint density at radius 1 is 1.20 bits per heavy atom. The van der Waals surface area contributed by atoms with Crippen LogP contribution in [0.2, 0.25) is 0 Å². The number of halogens is 3. The summed E-state index contributed by atoms with van der Waals surface area (Å²) in [6.07, 6.45) is -3.53. The standard InChI is InChI=1S/C16H19F3N4O2/c1-23-7-5-12(6-8-23)21-22-15(25)10-14(24)20-13-4-2-3-11(9-13)16(17,18)19/h2-4,9H,5-8,10H2,1H3,(H,20,24)(H,22,25). The average molecular weight is 356 g/mol. The Bertz CT molecular complexity index is 664. The Balaban J connectivity index is 1.84. The summed E-state index contributed by atoms with van der Waals surface area (Å²) in [5.41, 5.74) is 2.27. The van der Waals surface area contributed by atoms with Gasteiger partial charge in [0.25, 0.3) is 0 Å². The first kappa shape index (κ1) is 18.9. The Kier molecular flexibility index (Phi) is 6.13. The van der Waals surface area contributed by atoms with Gasteiger partial charge in [-0.05, 0) is 25.2 Å². The molecule has 0 radical (unpaired) electrons. The van der Waals surface area contributed by atoms with Gasteiger partial charge in [-0.25, -0.2) is 5.43 Å². The van der Waals surface area contributed by atoms with E-state index in [0.717, 1.165) is 43.8 Å². The second-order valence-corrected chi connectivity index (χ2v) is 5.82. The van der Waals surface area contributed by atoms with Crippen LogP contribution >= 0.6 is 0 Å². The molecule has 136 valence electrons. The van der Waals surface area contributed by atoms with Crippen molar-refractivity contribution in [3.8, 4) is 0 Å². The van der Waals surface area contributed by atoms with Crippen LogP contribution in [0, 0.1) is 0 Å². The molecule has 1 saturated heterocycles. The van der Waals surface area contributed by atoms with Crippen molar-refractivity contribution in [2.75, 3.05) is 25.5 Å². The Hall–Kier alpha value is -2.42. The molecule has 0 saturated carbocycles. The van der Waals surface area contributed by atoms with E-state index in [9.17, 15) is 22.8 Å². The number of rotatable bonds is 4. The van der Waals surface area contributed by atoms with Crippen LogP contribution < -0.4 is 10.7 Å². The number of likely N-dealkylation sites (tertiary alicyclic amines) is 1. The molecule has 2 amide bonds. The fourth-order valence-corrected chi connectivity index (χ4v) is 2.29. The van der Waals surface area contributed by atoms with E-state index in [0.29, 0.717) is 0 Å². The summed E-state index contributed by atoms with van der Waals surface area (Å²) >= 11 is 0. The van der Waals surface area contributed by atoms with Crippen molar-refractivity contribution in [3.05, 3.63) is 29.8 Å². The fraction of sp³-hybridized carbons (Fsp3) is 0.438. The molecule has 1 aliphatic rings. The van der Waals surface area contributed by atoms with Crippen LogP contribution in [-0.2, 0) is 15.8 Å². The molecule has 1 aromatic rings. The zero-order valence-electron chi connectivity index (χ0n) is 13.7. The third kappa shape index (κ3) is 6.18. The monoisotopic (exact) mass is 356 g/mol. The molecule has 0 spiro atoms. The molecular weight excluding hydrogens is 337 g/mol. The van der Waals surface area contributed by atoms with E-state index in [1.165, 1.54) is 12.1 Å². The van der Waals surface area contributed by atoms with Crippen LogP contribution in [-0.4, -0.2) is 42.6 Å². The number of hydrogen-bond donors (Lipinski definition) is 2. The minimum absolute atomic E-state index is 0.0192. The summed E-state index contributed by atoms with van der Waals surface area (Å²) in [5, 5.41) is 6.26.